The normalized spacial score (nSPS) is 14.6. The topological polar surface area (TPSA) is 27.6 Å². The fraction of sp³-hybridized carbons (Fsp3) is 0.578. The van der Waals surface area contributed by atoms with E-state index in [0.29, 0.717) is 16.5 Å². The second kappa shape index (κ2) is 28.0. The van der Waals surface area contributed by atoms with Crippen LogP contribution < -0.4 is 5.32 Å². The van der Waals surface area contributed by atoms with Crippen molar-refractivity contribution in [3.05, 3.63) is 93.9 Å². The van der Waals surface area contributed by atoms with Gasteiger partial charge in [-0.2, -0.15) is 0 Å². The summed E-state index contributed by atoms with van der Waals surface area (Å²) in [6.45, 7) is 19.9. The molecule has 50 heavy (non-hydrogen) atoms. The molecule has 5 heteroatoms. The zero-order valence-electron chi connectivity index (χ0n) is 33.3. The largest absolute Gasteiger partial charge is 0.344 e. The molecule has 3 rings (SSSR count). The van der Waals surface area contributed by atoms with Crippen LogP contribution in [0.15, 0.2) is 77.0 Å². The number of anilines is 1. The Kier molecular flexibility index (Phi) is 25.4. The minimum absolute atomic E-state index is 0.347. The average Bonchev–Trinajstić information content (AvgIpc) is 3.09. The van der Waals surface area contributed by atoms with Crippen LogP contribution in [0.4, 0.5) is 10.1 Å². The highest BCUT2D eigenvalue weighted by Gasteiger charge is 2.11. The lowest BCUT2D eigenvalue weighted by atomic mass is 9.91. The molecular formula is C45H71ClFN3. The maximum absolute atomic E-state index is 13.7. The molecule has 1 N–H and O–H groups in total. The van der Waals surface area contributed by atoms with Crippen LogP contribution in [-0.4, -0.2) is 30.9 Å². The zero-order valence-corrected chi connectivity index (χ0v) is 34.1. The van der Waals surface area contributed by atoms with Crippen molar-refractivity contribution in [3.8, 4) is 0 Å². The van der Waals surface area contributed by atoms with Crippen molar-refractivity contribution in [2.75, 3.05) is 25.5 Å². The summed E-state index contributed by atoms with van der Waals surface area (Å²) in [7, 11) is 2.21. The van der Waals surface area contributed by atoms with Gasteiger partial charge in [-0.1, -0.05) is 147 Å². The van der Waals surface area contributed by atoms with E-state index in [1.165, 1.54) is 105 Å². The third-order valence-electron chi connectivity index (χ3n) is 8.98. The molecule has 2 aromatic rings. The van der Waals surface area contributed by atoms with E-state index in [1.54, 1.807) is 6.07 Å². The molecule has 0 amide bonds. The van der Waals surface area contributed by atoms with E-state index < -0.39 is 0 Å². The predicted octanol–water partition coefficient (Wildman–Crippen LogP) is 14.5. The summed E-state index contributed by atoms with van der Waals surface area (Å²) < 4.78 is 13.7. The summed E-state index contributed by atoms with van der Waals surface area (Å²) in [4.78, 5) is 7.11. The van der Waals surface area contributed by atoms with Gasteiger partial charge in [-0.05, 0) is 112 Å². The number of unbranched alkanes of at least 4 members (excludes halogenated alkanes) is 4. The van der Waals surface area contributed by atoms with E-state index >= 15 is 0 Å². The third kappa shape index (κ3) is 20.2. The number of aliphatic imine (C=N–C) groups is 1. The molecule has 3 nitrogen and oxygen atoms in total. The van der Waals surface area contributed by atoms with E-state index in [1.807, 2.05) is 13.1 Å². The van der Waals surface area contributed by atoms with E-state index in [0.717, 1.165) is 43.6 Å². The molecule has 0 aliphatic heterocycles. The van der Waals surface area contributed by atoms with Gasteiger partial charge < -0.3 is 10.2 Å². The Morgan fingerprint density at radius 1 is 0.860 bits per heavy atom. The summed E-state index contributed by atoms with van der Waals surface area (Å²) in [5, 5.41) is 3.49. The Hall–Kier alpha value is -2.69. The van der Waals surface area contributed by atoms with Crippen molar-refractivity contribution in [1.29, 1.82) is 0 Å². The number of allylic oxidation sites excluding steroid dienone is 5. The number of amidine groups is 1. The first-order valence-electron chi connectivity index (χ1n) is 19.7. The SMILES string of the molecule is CC1CCCCC1.CCCCCN(C)CCC.CCC\C=C(C(=C/N=C(C)Nc1cc(F)cc(Cl)c1)/C(C)=C/CCC)\c1ccc(CC)cc1. The summed E-state index contributed by atoms with van der Waals surface area (Å²) in [5.74, 6) is 1.31. The van der Waals surface area contributed by atoms with Crippen LogP contribution >= 0.6 is 11.6 Å². The molecule has 0 aromatic heterocycles. The molecule has 0 unspecified atom stereocenters. The molecule has 0 heterocycles. The van der Waals surface area contributed by atoms with Crippen molar-refractivity contribution >= 4 is 28.7 Å². The highest BCUT2D eigenvalue weighted by Crippen LogP contribution is 2.31. The van der Waals surface area contributed by atoms with Crippen molar-refractivity contribution in [2.45, 2.75) is 145 Å². The molecule has 0 bridgehead atoms. The standard InChI is InChI=1S/C29H36ClFN2.C9H21N.C7H14/c1-6-9-11-21(4)29(20-32-22(5)33-27-18-25(30)17-26(31)19-27)28(12-10-7-2)24-15-13-23(8-3)14-16-24;1-4-6-7-9-10(3)8-5-2;1-7-5-3-2-4-6-7/h11-20H,6-10H2,1-5H3,(H,32,33);4-9H2,1-3H3;7H,2-6H2,1H3/b21-11+,28-12-,29-20+;;. The van der Waals surface area contributed by atoms with Crippen molar-refractivity contribution in [1.82, 2.24) is 4.90 Å². The van der Waals surface area contributed by atoms with Gasteiger partial charge in [-0.25, -0.2) is 9.38 Å². The zero-order chi connectivity index (χ0) is 37.1. The van der Waals surface area contributed by atoms with Gasteiger partial charge in [0.25, 0.3) is 0 Å². The molecule has 1 saturated carbocycles. The lowest BCUT2D eigenvalue weighted by Gasteiger charge is -2.15. The fourth-order valence-electron chi connectivity index (χ4n) is 5.91. The summed E-state index contributed by atoms with van der Waals surface area (Å²) in [6.07, 6.45) is 24.5. The second-order valence-electron chi connectivity index (χ2n) is 13.9. The number of nitrogens with one attached hydrogen (secondary N) is 1. The maximum atomic E-state index is 13.7. The Balaban J connectivity index is 0.000000597. The number of hydrogen-bond acceptors (Lipinski definition) is 2. The Morgan fingerprint density at radius 2 is 1.52 bits per heavy atom. The Morgan fingerprint density at radius 3 is 2.06 bits per heavy atom. The lowest BCUT2D eigenvalue weighted by molar-refractivity contribution is 0.326. The van der Waals surface area contributed by atoms with Crippen LogP contribution in [0.5, 0.6) is 0 Å². The van der Waals surface area contributed by atoms with Crippen LogP contribution in [0.2, 0.25) is 5.02 Å². The highest BCUT2D eigenvalue weighted by molar-refractivity contribution is 6.30. The van der Waals surface area contributed by atoms with Gasteiger partial charge in [0.1, 0.15) is 11.7 Å². The highest BCUT2D eigenvalue weighted by atomic mass is 35.5. The number of hydrogen-bond donors (Lipinski definition) is 1. The summed E-state index contributed by atoms with van der Waals surface area (Å²) in [6, 6.07) is 13.2. The van der Waals surface area contributed by atoms with Crippen LogP contribution in [-0.2, 0) is 6.42 Å². The molecule has 0 saturated heterocycles. The molecule has 0 spiro atoms. The number of halogens is 2. The van der Waals surface area contributed by atoms with Crippen LogP contribution in [0, 0.1) is 11.7 Å². The van der Waals surface area contributed by atoms with Crippen LogP contribution in [0.1, 0.15) is 150 Å². The predicted molar refractivity (Wildman–Crippen MR) is 223 cm³/mol. The second-order valence-corrected chi connectivity index (χ2v) is 14.4. The summed E-state index contributed by atoms with van der Waals surface area (Å²) in [5.41, 5.74) is 6.57. The van der Waals surface area contributed by atoms with E-state index in [9.17, 15) is 4.39 Å². The van der Waals surface area contributed by atoms with Crippen LogP contribution in [0.25, 0.3) is 5.57 Å². The number of aryl methyl sites for hydroxylation is 1. The minimum Gasteiger partial charge on any atom is -0.344 e. The van der Waals surface area contributed by atoms with Crippen molar-refractivity contribution in [3.63, 3.8) is 0 Å². The van der Waals surface area contributed by atoms with Gasteiger partial charge in [0.15, 0.2) is 0 Å². The molecule has 1 fully saturated rings. The van der Waals surface area contributed by atoms with Gasteiger partial charge in [0, 0.05) is 22.5 Å². The van der Waals surface area contributed by atoms with E-state index in [-0.39, 0.29) is 5.82 Å². The molecule has 1 aliphatic carbocycles. The quantitative estimate of drug-likeness (QED) is 0.0814. The number of rotatable bonds is 16. The first-order chi connectivity index (χ1) is 24.1. The first kappa shape index (κ1) is 45.3. The minimum atomic E-state index is -0.382. The van der Waals surface area contributed by atoms with Gasteiger partial charge in [0.2, 0.25) is 0 Å². The molecule has 1 aliphatic rings. The molecular weight excluding hydrogens is 637 g/mol. The van der Waals surface area contributed by atoms with E-state index in [2.05, 4.69) is 102 Å². The van der Waals surface area contributed by atoms with Crippen molar-refractivity contribution in [2.24, 2.45) is 10.9 Å². The first-order valence-corrected chi connectivity index (χ1v) is 20.1. The monoisotopic (exact) mass is 708 g/mol. The van der Waals surface area contributed by atoms with Gasteiger partial charge >= 0.3 is 0 Å². The van der Waals surface area contributed by atoms with Gasteiger partial charge in [-0.15, -0.1) is 0 Å². The van der Waals surface area contributed by atoms with Gasteiger partial charge in [-0.3, -0.25) is 0 Å². The van der Waals surface area contributed by atoms with E-state index in [4.69, 9.17) is 16.6 Å². The Labute approximate surface area is 312 Å². The Bertz CT molecular complexity index is 1280. The molecule has 2 aromatic carbocycles. The smallest absolute Gasteiger partial charge is 0.126 e. The summed E-state index contributed by atoms with van der Waals surface area (Å²) >= 11 is 5.98. The fourth-order valence-corrected chi connectivity index (χ4v) is 6.13. The van der Waals surface area contributed by atoms with Crippen LogP contribution in [0.3, 0.4) is 0 Å². The molecule has 0 radical (unpaired) electrons. The lowest BCUT2D eigenvalue weighted by Crippen LogP contribution is -2.20. The van der Waals surface area contributed by atoms with Crippen molar-refractivity contribution < 1.29 is 4.39 Å². The maximum Gasteiger partial charge on any atom is 0.126 e. The molecule has 0 atom stereocenters. The number of benzene rings is 2. The molecule has 280 valence electrons. The number of nitrogens with zero attached hydrogens (tertiary/aromatic N) is 2. The third-order valence-corrected chi connectivity index (χ3v) is 9.20. The van der Waals surface area contributed by atoms with Gasteiger partial charge in [0.05, 0.1) is 0 Å². The average molecular weight is 709 g/mol.